The van der Waals surface area contributed by atoms with Crippen molar-refractivity contribution in [2.75, 3.05) is 6.61 Å². The molecule has 0 fully saturated rings. The molecule has 0 amide bonds. The average molecular weight is 242 g/mol. The highest BCUT2D eigenvalue weighted by atomic mass is 19.1. The number of allylic oxidation sites excluding steroid dienone is 4. The number of hydrogen-bond acceptors (Lipinski definition) is 2. The first-order chi connectivity index (χ1) is 7.79. The minimum absolute atomic E-state index is 0.0550. The van der Waals surface area contributed by atoms with Gasteiger partial charge in [-0.3, -0.25) is 4.79 Å². The number of carbonyl (C=O) groups is 1. The Morgan fingerprint density at radius 2 is 2.12 bits per heavy atom. The van der Waals surface area contributed by atoms with E-state index in [0.717, 1.165) is 12.2 Å². The molecule has 4 heteroatoms. The fourth-order valence-corrected chi connectivity index (χ4v) is 1.15. The van der Waals surface area contributed by atoms with Gasteiger partial charge < -0.3 is 4.74 Å². The highest BCUT2D eigenvalue weighted by Gasteiger charge is 2.23. The van der Waals surface area contributed by atoms with Gasteiger partial charge in [-0.25, -0.2) is 8.78 Å². The standard InChI is InChI=1S/C13H16F2O2/c1-13(2,3)12(16)17-8-9-4-5-10(14)7-11(15)6-9/h4-7,10H,8H2,1-3H3. The molecule has 1 unspecified atom stereocenters. The molecule has 1 rings (SSSR count). The van der Waals surface area contributed by atoms with Crippen LogP contribution in [0.4, 0.5) is 8.78 Å². The molecule has 0 spiro atoms. The van der Waals surface area contributed by atoms with Crippen molar-refractivity contribution in [2.24, 2.45) is 5.41 Å². The lowest BCUT2D eigenvalue weighted by Crippen LogP contribution is -2.23. The summed E-state index contributed by atoms with van der Waals surface area (Å²) in [6.07, 6.45) is 3.20. The van der Waals surface area contributed by atoms with E-state index >= 15 is 0 Å². The average Bonchev–Trinajstić information content (AvgIpc) is 2.34. The van der Waals surface area contributed by atoms with Crippen molar-refractivity contribution in [3.63, 3.8) is 0 Å². The Labute approximate surface area is 99.7 Å². The SMILES string of the molecule is CC(C)(C)C(=O)OCC1=CC(F)=CC(F)C=C1. The zero-order chi connectivity index (χ0) is 13.1. The van der Waals surface area contributed by atoms with Gasteiger partial charge in [0, 0.05) is 0 Å². The first-order valence-electron chi connectivity index (χ1n) is 5.36. The van der Waals surface area contributed by atoms with Crippen LogP contribution in [-0.2, 0) is 9.53 Å². The van der Waals surface area contributed by atoms with Gasteiger partial charge in [-0.05, 0) is 44.6 Å². The number of rotatable bonds is 2. The molecule has 17 heavy (non-hydrogen) atoms. The van der Waals surface area contributed by atoms with Crippen LogP contribution in [0.5, 0.6) is 0 Å². The lowest BCUT2D eigenvalue weighted by molar-refractivity contribution is -0.151. The van der Waals surface area contributed by atoms with E-state index in [9.17, 15) is 13.6 Å². The van der Waals surface area contributed by atoms with E-state index in [0.29, 0.717) is 5.57 Å². The zero-order valence-corrected chi connectivity index (χ0v) is 10.2. The highest BCUT2D eigenvalue weighted by Crippen LogP contribution is 2.18. The van der Waals surface area contributed by atoms with Crippen molar-refractivity contribution in [3.05, 3.63) is 35.7 Å². The molecule has 0 saturated carbocycles. The Kier molecular flexibility index (Phi) is 4.21. The van der Waals surface area contributed by atoms with Crippen LogP contribution in [0, 0.1) is 5.41 Å². The van der Waals surface area contributed by atoms with E-state index in [2.05, 4.69) is 0 Å². The van der Waals surface area contributed by atoms with Crippen molar-refractivity contribution in [2.45, 2.75) is 26.9 Å². The Bertz CT molecular complexity index is 387. The number of halogens is 2. The lowest BCUT2D eigenvalue weighted by Gasteiger charge is -2.16. The van der Waals surface area contributed by atoms with E-state index in [1.807, 2.05) is 0 Å². The molecule has 1 aliphatic rings. The molecule has 0 radical (unpaired) electrons. The quantitative estimate of drug-likeness (QED) is 0.695. The lowest BCUT2D eigenvalue weighted by atomic mass is 9.97. The molecule has 1 atom stereocenters. The normalized spacial score (nSPS) is 20.4. The summed E-state index contributed by atoms with van der Waals surface area (Å²) in [6.45, 7) is 5.13. The zero-order valence-electron chi connectivity index (χ0n) is 10.2. The molecule has 0 N–H and O–H groups in total. The summed E-state index contributed by atoms with van der Waals surface area (Å²) >= 11 is 0. The van der Waals surface area contributed by atoms with Crippen LogP contribution >= 0.6 is 0 Å². The number of hydrogen-bond donors (Lipinski definition) is 0. The Morgan fingerprint density at radius 3 is 2.71 bits per heavy atom. The van der Waals surface area contributed by atoms with Crippen LogP contribution in [0.15, 0.2) is 35.7 Å². The number of carbonyl (C=O) groups excluding carboxylic acids is 1. The molecule has 2 nitrogen and oxygen atoms in total. The van der Waals surface area contributed by atoms with Crippen molar-refractivity contribution >= 4 is 5.97 Å². The summed E-state index contributed by atoms with van der Waals surface area (Å²) in [4.78, 5) is 11.5. The second-order valence-corrected chi connectivity index (χ2v) is 4.90. The Hall–Kier alpha value is -1.45. The summed E-state index contributed by atoms with van der Waals surface area (Å²) < 4.78 is 31.0. The van der Waals surface area contributed by atoms with E-state index in [1.54, 1.807) is 20.8 Å². The van der Waals surface area contributed by atoms with E-state index in [1.165, 1.54) is 12.2 Å². The maximum absolute atomic E-state index is 13.1. The third-order valence-corrected chi connectivity index (χ3v) is 2.12. The number of esters is 1. The number of alkyl halides is 1. The first kappa shape index (κ1) is 13.6. The molecule has 0 aromatic rings. The predicted molar refractivity (Wildman–Crippen MR) is 61.7 cm³/mol. The van der Waals surface area contributed by atoms with Gasteiger partial charge in [-0.2, -0.15) is 0 Å². The monoisotopic (exact) mass is 242 g/mol. The molecular weight excluding hydrogens is 226 g/mol. The van der Waals surface area contributed by atoms with Crippen molar-refractivity contribution in [1.82, 2.24) is 0 Å². The van der Waals surface area contributed by atoms with Crippen LogP contribution in [-0.4, -0.2) is 18.7 Å². The smallest absolute Gasteiger partial charge is 0.311 e. The molecule has 0 heterocycles. The van der Waals surface area contributed by atoms with Gasteiger partial charge in [0.1, 0.15) is 18.6 Å². The molecule has 1 aliphatic carbocycles. The van der Waals surface area contributed by atoms with E-state index < -0.39 is 17.4 Å². The van der Waals surface area contributed by atoms with Gasteiger partial charge in [0.2, 0.25) is 0 Å². The summed E-state index contributed by atoms with van der Waals surface area (Å²) in [6, 6.07) is 0. The van der Waals surface area contributed by atoms with Crippen LogP contribution in [0.3, 0.4) is 0 Å². The van der Waals surface area contributed by atoms with Crippen LogP contribution < -0.4 is 0 Å². The van der Waals surface area contributed by atoms with Crippen molar-refractivity contribution in [1.29, 1.82) is 0 Å². The molecular formula is C13H16F2O2. The molecule has 0 bridgehead atoms. The topological polar surface area (TPSA) is 26.3 Å². The summed E-state index contributed by atoms with van der Waals surface area (Å²) in [5.74, 6) is -1.04. The summed E-state index contributed by atoms with van der Waals surface area (Å²) in [5.41, 5.74) is -0.178. The molecule has 0 aromatic carbocycles. The van der Waals surface area contributed by atoms with Crippen molar-refractivity contribution in [3.8, 4) is 0 Å². The third-order valence-electron chi connectivity index (χ3n) is 2.12. The number of ether oxygens (including phenoxy) is 1. The highest BCUT2D eigenvalue weighted by molar-refractivity contribution is 5.75. The van der Waals surface area contributed by atoms with E-state index in [4.69, 9.17) is 4.74 Å². The minimum Gasteiger partial charge on any atom is -0.460 e. The van der Waals surface area contributed by atoms with Crippen LogP contribution in [0.1, 0.15) is 20.8 Å². The fraction of sp³-hybridized carbons (Fsp3) is 0.462. The van der Waals surface area contributed by atoms with Gasteiger partial charge in [-0.1, -0.05) is 6.08 Å². The van der Waals surface area contributed by atoms with Crippen LogP contribution in [0.25, 0.3) is 0 Å². The first-order valence-corrected chi connectivity index (χ1v) is 5.36. The second-order valence-electron chi connectivity index (χ2n) is 4.90. The van der Waals surface area contributed by atoms with Gasteiger partial charge in [-0.15, -0.1) is 0 Å². The van der Waals surface area contributed by atoms with Gasteiger partial charge >= 0.3 is 5.97 Å². The summed E-state index contributed by atoms with van der Waals surface area (Å²) in [5, 5.41) is 0. The van der Waals surface area contributed by atoms with Gasteiger partial charge in [0.15, 0.2) is 0 Å². The second kappa shape index (κ2) is 5.25. The van der Waals surface area contributed by atoms with Gasteiger partial charge in [0.05, 0.1) is 5.41 Å². The predicted octanol–water partition coefficient (Wildman–Crippen LogP) is 3.26. The molecule has 0 aromatic heterocycles. The largest absolute Gasteiger partial charge is 0.460 e. The molecule has 94 valence electrons. The van der Waals surface area contributed by atoms with Crippen molar-refractivity contribution < 1.29 is 18.3 Å². The maximum Gasteiger partial charge on any atom is 0.311 e. The molecule has 0 aliphatic heterocycles. The van der Waals surface area contributed by atoms with Gasteiger partial charge in [0.25, 0.3) is 0 Å². The van der Waals surface area contributed by atoms with E-state index in [-0.39, 0.29) is 12.6 Å². The maximum atomic E-state index is 13.1. The molecule has 0 saturated heterocycles. The minimum atomic E-state index is -1.44. The Balaban J connectivity index is 2.62. The summed E-state index contributed by atoms with van der Waals surface area (Å²) in [7, 11) is 0. The fourth-order valence-electron chi connectivity index (χ4n) is 1.15. The third kappa shape index (κ3) is 4.51. The Morgan fingerprint density at radius 1 is 1.47 bits per heavy atom. The van der Waals surface area contributed by atoms with Crippen LogP contribution in [0.2, 0.25) is 0 Å².